The molecular formula is C19H20N2O4. The van der Waals surface area contributed by atoms with Crippen molar-refractivity contribution < 1.29 is 14.2 Å². The van der Waals surface area contributed by atoms with Crippen LogP contribution in [0.2, 0.25) is 0 Å². The van der Waals surface area contributed by atoms with Crippen molar-refractivity contribution in [3.8, 4) is 29.0 Å². The molecule has 0 unspecified atom stereocenters. The zero-order chi connectivity index (χ0) is 17.6. The molecule has 6 heteroatoms. The van der Waals surface area contributed by atoms with E-state index < -0.39 is 0 Å². The minimum atomic E-state index is -0.280. The average molecular weight is 340 g/mol. The molecule has 0 aliphatic carbocycles. The summed E-state index contributed by atoms with van der Waals surface area (Å²) in [6, 6.07) is 7.82. The third kappa shape index (κ3) is 3.90. The molecule has 6 nitrogen and oxygen atoms in total. The molecule has 0 amide bonds. The van der Waals surface area contributed by atoms with Crippen LogP contribution >= 0.6 is 0 Å². The van der Waals surface area contributed by atoms with Crippen LogP contribution in [0.1, 0.15) is 11.1 Å². The van der Waals surface area contributed by atoms with Gasteiger partial charge in [0.25, 0.3) is 0 Å². The molecule has 0 bridgehead atoms. The van der Waals surface area contributed by atoms with Gasteiger partial charge in [-0.05, 0) is 24.1 Å². The summed E-state index contributed by atoms with van der Waals surface area (Å²) in [6.45, 7) is 2.09. The fourth-order valence-corrected chi connectivity index (χ4v) is 2.79. The maximum atomic E-state index is 12.1. The maximum Gasteiger partial charge on any atom is 0.351 e. The molecule has 1 aromatic heterocycles. The van der Waals surface area contributed by atoms with E-state index >= 15 is 0 Å². The third-order valence-corrected chi connectivity index (χ3v) is 4.02. The van der Waals surface area contributed by atoms with E-state index in [2.05, 4.69) is 22.9 Å². The molecule has 2 aromatic rings. The Labute approximate surface area is 146 Å². The molecule has 1 aromatic carbocycles. The second-order valence-corrected chi connectivity index (χ2v) is 5.59. The lowest BCUT2D eigenvalue weighted by atomic mass is 9.95. The van der Waals surface area contributed by atoms with E-state index in [1.807, 2.05) is 12.1 Å². The molecule has 1 aliphatic rings. The Kier molecular flexibility index (Phi) is 5.49. The topological polar surface area (TPSA) is 62.6 Å². The predicted molar refractivity (Wildman–Crippen MR) is 93.8 cm³/mol. The van der Waals surface area contributed by atoms with Gasteiger partial charge in [0.05, 0.1) is 26.0 Å². The van der Waals surface area contributed by atoms with Crippen LogP contribution < -0.4 is 10.4 Å². The fourth-order valence-electron chi connectivity index (χ4n) is 2.79. The van der Waals surface area contributed by atoms with Crippen LogP contribution in [0.15, 0.2) is 29.1 Å². The van der Waals surface area contributed by atoms with Gasteiger partial charge in [-0.15, -0.1) is 0 Å². The number of ether oxygens (including phenoxy) is 3. The summed E-state index contributed by atoms with van der Waals surface area (Å²) >= 11 is 0. The van der Waals surface area contributed by atoms with Gasteiger partial charge in [-0.3, -0.25) is 4.57 Å². The number of aryl methyl sites for hydroxylation is 1. The molecule has 130 valence electrons. The molecule has 0 atom stereocenters. The molecule has 25 heavy (non-hydrogen) atoms. The molecule has 0 radical (unpaired) electrons. The number of nitrogens with zero attached hydrogens (tertiary/aromatic N) is 2. The molecule has 0 N–H and O–H groups in total. The molecule has 1 aliphatic heterocycles. The molecule has 0 spiro atoms. The van der Waals surface area contributed by atoms with Gasteiger partial charge in [-0.1, -0.05) is 17.9 Å². The number of rotatable bonds is 5. The van der Waals surface area contributed by atoms with Gasteiger partial charge in [0.1, 0.15) is 6.61 Å². The van der Waals surface area contributed by atoms with Gasteiger partial charge in [0.15, 0.2) is 0 Å². The highest BCUT2D eigenvalue weighted by atomic mass is 16.5. The number of methoxy groups -OCH3 is 2. The highest BCUT2D eigenvalue weighted by molar-refractivity contribution is 5.67. The van der Waals surface area contributed by atoms with Crippen molar-refractivity contribution in [3.05, 3.63) is 45.9 Å². The second kappa shape index (κ2) is 7.97. The third-order valence-electron chi connectivity index (χ3n) is 4.02. The number of hydrogen-bond donors (Lipinski definition) is 0. The van der Waals surface area contributed by atoms with Crippen LogP contribution in [0, 0.1) is 11.8 Å². The first kappa shape index (κ1) is 17.2. The number of hydrogen-bond acceptors (Lipinski definition) is 5. The second-order valence-electron chi connectivity index (χ2n) is 5.59. The highest BCUT2D eigenvalue weighted by Crippen LogP contribution is 2.30. The van der Waals surface area contributed by atoms with Crippen molar-refractivity contribution in [2.75, 3.05) is 34.0 Å². The van der Waals surface area contributed by atoms with Crippen molar-refractivity contribution >= 4 is 0 Å². The Morgan fingerprint density at radius 1 is 1.24 bits per heavy atom. The first-order valence-corrected chi connectivity index (χ1v) is 8.07. The van der Waals surface area contributed by atoms with Crippen molar-refractivity contribution in [1.29, 1.82) is 0 Å². The highest BCUT2D eigenvalue weighted by Gasteiger charge is 2.18. The van der Waals surface area contributed by atoms with E-state index in [1.54, 1.807) is 17.7 Å². The molecule has 3 rings (SSSR count). The van der Waals surface area contributed by atoms with Crippen LogP contribution in [-0.4, -0.2) is 43.6 Å². The molecular weight excluding hydrogens is 320 g/mol. The maximum absolute atomic E-state index is 12.1. The van der Waals surface area contributed by atoms with E-state index in [0.717, 1.165) is 23.2 Å². The first-order chi connectivity index (χ1) is 12.2. The summed E-state index contributed by atoms with van der Waals surface area (Å²) in [6.07, 6.45) is 0.774. The van der Waals surface area contributed by atoms with Crippen LogP contribution in [0.4, 0.5) is 0 Å². The minimum Gasteiger partial charge on any atom is -0.481 e. The zero-order valence-electron chi connectivity index (χ0n) is 14.4. The van der Waals surface area contributed by atoms with Gasteiger partial charge in [-0.2, -0.15) is 4.98 Å². The van der Waals surface area contributed by atoms with E-state index in [-0.39, 0.29) is 5.69 Å². The Hall–Kier alpha value is -2.62. The van der Waals surface area contributed by atoms with Crippen LogP contribution in [0.25, 0.3) is 11.3 Å². The zero-order valence-corrected chi connectivity index (χ0v) is 14.4. The quantitative estimate of drug-likeness (QED) is 0.610. The Morgan fingerprint density at radius 2 is 2.12 bits per heavy atom. The van der Waals surface area contributed by atoms with Crippen molar-refractivity contribution in [2.45, 2.75) is 13.0 Å². The molecule has 0 saturated carbocycles. The summed E-state index contributed by atoms with van der Waals surface area (Å²) in [4.78, 5) is 16.0. The predicted octanol–water partition coefficient (Wildman–Crippen LogP) is 1.49. The van der Waals surface area contributed by atoms with E-state index in [4.69, 9.17) is 14.2 Å². The molecule has 0 fully saturated rings. The lowest BCUT2D eigenvalue weighted by Crippen LogP contribution is -2.28. The average Bonchev–Trinajstić information content (AvgIpc) is 2.64. The lowest BCUT2D eigenvalue weighted by Gasteiger charge is -2.21. The number of benzene rings is 1. The Morgan fingerprint density at radius 3 is 2.92 bits per heavy atom. The van der Waals surface area contributed by atoms with Gasteiger partial charge >= 0.3 is 5.69 Å². The summed E-state index contributed by atoms with van der Waals surface area (Å²) in [5.74, 6) is 6.44. The van der Waals surface area contributed by atoms with Crippen molar-refractivity contribution in [3.63, 3.8) is 0 Å². The smallest absolute Gasteiger partial charge is 0.351 e. The summed E-state index contributed by atoms with van der Waals surface area (Å²) in [5, 5.41) is 0. The van der Waals surface area contributed by atoms with Gasteiger partial charge in [0.2, 0.25) is 5.88 Å². The summed E-state index contributed by atoms with van der Waals surface area (Å²) in [7, 11) is 3.15. The lowest BCUT2D eigenvalue weighted by molar-refractivity contribution is 0.0877. The van der Waals surface area contributed by atoms with E-state index in [1.165, 1.54) is 12.7 Å². The van der Waals surface area contributed by atoms with E-state index in [9.17, 15) is 4.79 Å². The standard InChI is InChI=1S/C19H20N2O4/c1-23-10-11-25-9-3-4-14-5-6-16-15(12-14)7-8-21-17(16)13-18(24-2)20-19(21)22/h5-6,12-13H,7-11H2,1-2H3. The molecule has 0 saturated heterocycles. The Bertz CT molecular complexity index is 877. The number of aromatic nitrogens is 2. The fraction of sp³-hybridized carbons (Fsp3) is 0.368. The van der Waals surface area contributed by atoms with Gasteiger partial charge in [-0.25, -0.2) is 4.79 Å². The molecule has 2 heterocycles. The SMILES string of the molecule is COCCOCC#Cc1ccc2c(c1)CCn1c-2cc(OC)nc1=O. The van der Waals surface area contributed by atoms with Crippen LogP contribution in [-0.2, 0) is 22.4 Å². The monoisotopic (exact) mass is 340 g/mol. The first-order valence-electron chi connectivity index (χ1n) is 8.07. The van der Waals surface area contributed by atoms with Crippen LogP contribution in [0.5, 0.6) is 5.88 Å². The summed E-state index contributed by atoms with van der Waals surface area (Å²) in [5.41, 5.74) is 3.68. The summed E-state index contributed by atoms with van der Waals surface area (Å²) < 4.78 is 17.1. The van der Waals surface area contributed by atoms with Gasteiger partial charge < -0.3 is 14.2 Å². The van der Waals surface area contributed by atoms with Crippen LogP contribution in [0.3, 0.4) is 0 Å². The number of fused-ring (bicyclic) bond motifs is 3. The van der Waals surface area contributed by atoms with Crippen molar-refractivity contribution in [1.82, 2.24) is 9.55 Å². The Balaban J connectivity index is 1.82. The van der Waals surface area contributed by atoms with E-state index in [0.29, 0.717) is 32.2 Å². The van der Waals surface area contributed by atoms with Gasteiger partial charge in [0, 0.05) is 30.8 Å². The van der Waals surface area contributed by atoms with Crippen molar-refractivity contribution in [2.24, 2.45) is 0 Å². The largest absolute Gasteiger partial charge is 0.481 e. The normalized spacial score (nSPS) is 11.9. The minimum absolute atomic E-state index is 0.280.